The molecule has 1 aromatic rings. The fraction of sp³-hybridized carbons (Fsp3) is 0.643. The van der Waals surface area contributed by atoms with Gasteiger partial charge in [-0.25, -0.2) is 4.98 Å². The molecule has 1 aromatic heterocycles. The number of amides is 1. The van der Waals surface area contributed by atoms with Crippen LogP contribution in [0.25, 0.3) is 0 Å². The Hall–Kier alpha value is -1.89. The summed E-state index contributed by atoms with van der Waals surface area (Å²) in [5.41, 5.74) is 5.42. The third-order valence-electron chi connectivity index (χ3n) is 3.04. The highest BCUT2D eigenvalue weighted by atomic mass is 16.5. The van der Waals surface area contributed by atoms with E-state index in [1.165, 1.54) is 6.20 Å². The number of carbonyl (C=O) groups is 1. The lowest BCUT2D eigenvalue weighted by Crippen LogP contribution is -2.32. The summed E-state index contributed by atoms with van der Waals surface area (Å²) < 4.78 is 5.42. The summed E-state index contributed by atoms with van der Waals surface area (Å²) in [4.78, 5) is 20.0. The van der Waals surface area contributed by atoms with Crippen molar-refractivity contribution in [3.05, 3.63) is 11.8 Å². The Morgan fingerprint density at radius 1 is 1.48 bits per heavy atom. The first-order valence-electron chi connectivity index (χ1n) is 7.14. The number of hydrogen-bond donors (Lipinski definition) is 3. The highest BCUT2D eigenvalue weighted by molar-refractivity contribution is 5.97. The Balaban J connectivity index is 2.19. The van der Waals surface area contributed by atoms with E-state index < -0.39 is 5.91 Å². The summed E-state index contributed by atoms with van der Waals surface area (Å²) in [6, 6.07) is 0.195. The van der Waals surface area contributed by atoms with Crippen molar-refractivity contribution in [3.63, 3.8) is 0 Å². The van der Waals surface area contributed by atoms with Crippen molar-refractivity contribution >= 4 is 17.7 Å². The maximum absolute atomic E-state index is 11.5. The van der Waals surface area contributed by atoms with Crippen LogP contribution in [0.2, 0.25) is 0 Å². The Bertz CT molecular complexity index is 507. The van der Waals surface area contributed by atoms with E-state index in [1.54, 1.807) is 0 Å². The predicted molar refractivity (Wildman–Crippen MR) is 81.4 cm³/mol. The van der Waals surface area contributed by atoms with Gasteiger partial charge in [-0.05, 0) is 33.6 Å². The molecule has 1 amide bonds. The number of ether oxygens (including phenoxy) is 1. The van der Waals surface area contributed by atoms with Gasteiger partial charge in [-0.3, -0.25) is 4.79 Å². The summed E-state index contributed by atoms with van der Waals surface area (Å²) in [5.74, 6) is 0.376. The van der Waals surface area contributed by atoms with E-state index in [0.29, 0.717) is 18.4 Å². The lowest BCUT2D eigenvalue weighted by molar-refractivity contribution is 0.0874. The molecule has 1 aliphatic rings. The third kappa shape index (κ3) is 4.56. The van der Waals surface area contributed by atoms with Gasteiger partial charge in [-0.2, -0.15) is 4.98 Å². The molecule has 7 nitrogen and oxygen atoms in total. The normalized spacial score (nSPS) is 19.1. The lowest BCUT2D eigenvalue weighted by Gasteiger charge is -2.25. The molecular weight excluding hydrogens is 270 g/mol. The molecule has 0 bridgehead atoms. The predicted octanol–water partition coefficient (Wildman–Crippen LogP) is 1.38. The molecule has 0 unspecified atom stereocenters. The van der Waals surface area contributed by atoms with E-state index in [2.05, 4.69) is 20.6 Å². The van der Waals surface area contributed by atoms with Crippen LogP contribution in [0.4, 0.5) is 11.8 Å². The minimum Gasteiger partial charge on any atom is -0.379 e. The summed E-state index contributed by atoms with van der Waals surface area (Å²) in [7, 11) is 0. The molecule has 1 saturated heterocycles. The summed E-state index contributed by atoms with van der Waals surface area (Å²) >= 11 is 0. The highest BCUT2D eigenvalue weighted by Crippen LogP contribution is 2.19. The van der Waals surface area contributed by atoms with Crippen LogP contribution in [0, 0.1) is 0 Å². The van der Waals surface area contributed by atoms with Crippen LogP contribution >= 0.6 is 0 Å². The molecule has 2 heterocycles. The molecule has 116 valence electrons. The number of primary amides is 1. The van der Waals surface area contributed by atoms with Crippen molar-refractivity contribution in [2.45, 2.75) is 45.2 Å². The smallest absolute Gasteiger partial charge is 0.254 e. The van der Waals surface area contributed by atoms with E-state index in [1.807, 2.05) is 20.8 Å². The summed E-state index contributed by atoms with van der Waals surface area (Å²) in [6.07, 6.45) is 3.49. The lowest BCUT2D eigenvalue weighted by atomic mass is 10.1. The van der Waals surface area contributed by atoms with E-state index >= 15 is 0 Å². The number of nitrogens with one attached hydrogen (secondary N) is 2. The van der Waals surface area contributed by atoms with E-state index in [0.717, 1.165) is 19.4 Å². The fourth-order valence-corrected chi connectivity index (χ4v) is 2.12. The molecule has 0 saturated carbocycles. The first-order valence-corrected chi connectivity index (χ1v) is 7.14. The van der Waals surface area contributed by atoms with Crippen LogP contribution in [0.5, 0.6) is 0 Å². The number of carbonyl (C=O) groups excluding carboxylic acids is 1. The zero-order chi connectivity index (χ0) is 15.5. The Labute approximate surface area is 124 Å². The molecule has 0 aromatic carbocycles. The van der Waals surface area contributed by atoms with Crippen molar-refractivity contribution in [3.8, 4) is 0 Å². The van der Waals surface area contributed by atoms with Crippen molar-refractivity contribution in [2.75, 3.05) is 23.8 Å². The Morgan fingerprint density at radius 2 is 2.24 bits per heavy atom. The summed E-state index contributed by atoms with van der Waals surface area (Å²) in [6.45, 7) is 7.41. The SMILES string of the molecule is CC(C)(C)Nc1nc(N[C@@H]2CCCOC2)ncc1C(N)=O. The van der Waals surface area contributed by atoms with Gasteiger partial charge in [0.1, 0.15) is 5.82 Å². The van der Waals surface area contributed by atoms with E-state index in [9.17, 15) is 4.79 Å². The Morgan fingerprint density at radius 3 is 2.81 bits per heavy atom. The second-order valence-electron chi connectivity index (χ2n) is 6.25. The van der Waals surface area contributed by atoms with E-state index in [4.69, 9.17) is 10.5 Å². The molecule has 0 radical (unpaired) electrons. The van der Waals surface area contributed by atoms with Gasteiger partial charge in [0.2, 0.25) is 5.95 Å². The first kappa shape index (κ1) is 15.5. The van der Waals surface area contributed by atoms with Crippen LogP contribution in [-0.2, 0) is 4.74 Å². The molecule has 1 atom stereocenters. The maximum atomic E-state index is 11.5. The summed E-state index contributed by atoms with van der Waals surface area (Å²) in [5, 5.41) is 6.42. The second-order valence-corrected chi connectivity index (χ2v) is 6.25. The monoisotopic (exact) mass is 293 g/mol. The van der Waals surface area contributed by atoms with Crippen molar-refractivity contribution in [1.29, 1.82) is 0 Å². The van der Waals surface area contributed by atoms with Gasteiger partial charge in [0.25, 0.3) is 5.91 Å². The molecule has 0 aliphatic carbocycles. The maximum Gasteiger partial charge on any atom is 0.254 e. The molecule has 7 heteroatoms. The number of hydrogen-bond acceptors (Lipinski definition) is 6. The second kappa shape index (κ2) is 6.26. The van der Waals surface area contributed by atoms with Crippen LogP contribution in [0.3, 0.4) is 0 Å². The van der Waals surface area contributed by atoms with Gasteiger partial charge in [-0.15, -0.1) is 0 Å². The fourth-order valence-electron chi connectivity index (χ4n) is 2.12. The first-order chi connectivity index (χ1) is 9.85. The van der Waals surface area contributed by atoms with E-state index in [-0.39, 0.29) is 17.1 Å². The third-order valence-corrected chi connectivity index (χ3v) is 3.04. The van der Waals surface area contributed by atoms with Gasteiger partial charge in [-0.1, -0.05) is 0 Å². The topological polar surface area (TPSA) is 102 Å². The molecule has 1 aliphatic heterocycles. The number of anilines is 2. The zero-order valence-corrected chi connectivity index (χ0v) is 12.8. The van der Waals surface area contributed by atoms with Crippen LogP contribution < -0.4 is 16.4 Å². The van der Waals surface area contributed by atoms with Gasteiger partial charge in [0.15, 0.2) is 0 Å². The molecule has 2 rings (SSSR count). The van der Waals surface area contributed by atoms with Gasteiger partial charge >= 0.3 is 0 Å². The number of rotatable bonds is 4. The minimum atomic E-state index is -0.547. The number of nitrogens with zero attached hydrogens (tertiary/aromatic N) is 2. The standard InChI is InChI=1S/C14H23N5O2/c1-14(2,3)19-12-10(11(15)20)7-16-13(18-12)17-9-5-4-6-21-8-9/h7,9H,4-6,8H2,1-3H3,(H2,15,20)(H2,16,17,18,19)/t9-/m1/s1. The van der Waals surface area contributed by atoms with Crippen LogP contribution in [0.1, 0.15) is 44.0 Å². The number of nitrogens with two attached hydrogens (primary N) is 1. The number of aromatic nitrogens is 2. The molecule has 4 N–H and O–H groups in total. The van der Waals surface area contributed by atoms with Crippen molar-refractivity contribution in [2.24, 2.45) is 5.73 Å². The van der Waals surface area contributed by atoms with Gasteiger partial charge in [0, 0.05) is 18.3 Å². The van der Waals surface area contributed by atoms with Gasteiger partial charge < -0.3 is 21.1 Å². The molecule has 21 heavy (non-hydrogen) atoms. The van der Waals surface area contributed by atoms with Crippen molar-refractivity contribution < 1.29 is 9.53 Å². The minimum absolute atomic E-state index is 0.195. The van der Waals surface area contributed by atoms with Crippen LogP contribution in [0.15, 0.2) is 6.20 Å². The zero-order valence-electron chi connectivity index (χ0n) is 12.8. The average molecular weight is 293 g/mol. The molecule has 0 spiro atoms. The molecular formula is C14H23N5O2. The molecule has 1 fully saturated rings. The largest absolute Gasteiger partial charge is 0.379 e. The van der Waals surface area contributed by atoms with Crippen LogP contribution in [-0.4, -0.2) is 40.7 Å². The van der Waals surface area contributed by atoms with Crippen molar-refractivity contribution in [1.82, 2.24) is 9.97 Å². The highest BCUT2D eigenvalue weighted by Gasteiger charge is 2.19. The van der Waals surface area contributed by atoms with Gasteiger partial charge in [0.05, 0.1) is 18.2 Å². The Kier molecular flexibility index (Phi) is 4.62. The quantitative estimate of drug-likeness (QED) is 0.775. The average Bonchev–Trinajstić information content (AvgIpc) is 2.37.